The number of carbonyl (C=O) groups excluding carboxylic acids is 1. The molecule has 1 aliphatic carbocycles. The highest BCUT2D eigenvalue weighted by Gasteiger charge is 2.28. The molecule has 2 aliphatic rings. The molecule has 0 unspecified atom stereocenters. The van der Waals surface area contributed by atoms with E-state index in [9.17, 15) is 4.79 Å². The van der Waals surface area contributed by atoms with Gasteiger partial charge in [0.2, 0.25) is 11.9 Å². The highest BCUT2D eigenvalue weighted by atomic mass is 16.2. The van der Waals surface area contributed by atoms with Crippen molar-refractivity contribution in [3.05, 3.63) is 36.4 Å². The van der Waals surface area contributed by atoms with Crippen molar-refractivity contribution in [2.24, 2.45) is 11.3 Å². The van der Waals surface area contributed by atoms with Crippen LogP contribution < -0.4 is 10.2 Å². The van der Waals surface area contributed by atoms with E-state index >= 15 is 0 Å². The molecule has 1 N–H and O–H groups in total. The molecule has 31 heavy (non-hydrogen) atoms. The standard InChI is InChI=1S/C25H35N5O/c1-25(2,3)23(31)27-16-18-6-8-20(9-7-18)22-21(19-10-12-26-13-11-19)17-28-24(29-22)30-14-4-5-15-30/h10-13,17-18,20H,4-9,14-16H2,1-3H3,(H,27,31). The summed E-state index contributed by atoms with van der Waals surface area (Å²) in [4.78, 5) is 28.5. The minimum atomic E-state index is -0.330. The minimum Gasteiger partial charge on any atom is -0.355 e. The Morgan fingerprint density at radius 2 is 1.77 bits per heavy atom. The molecule has 2 aromatic heterocycles. The van der Waals surface area contributed by atoms with Crippen molar-refractivity contribution in [1.29, 1.82) is 0 Å². The summed E-state index contributed by atoms with van der Waals surface area (Å²) in [7, 11) is 0. The maximum atomic E-state index is 12.2. The largest absolute Gasteiger partial charge is 0.355 e. The van der Waals surface area contributed by atoms with E-state index in [4.69, 9.17) is 9.97 Å². The van der Waals surface area contributed by atoms with E-state index in [0.29, 0.717) is 11.8 Å². The van der Waals surface area contributed by atoms with E-state index < -0.39 is 0 Å². The molecule has 1 aliphatic heterocycles. The van der Waals surface area contributed by atoms with Crippen molar-refractivity contribution in [2.75, 3.05) is 24.5 Å². The number of pyridine rings is 1. The summed E-state index contributed by atoms with van der Waals surface area (Å²) in [6, 6.07) is 4.09. The van der Waals surface area contributed by atoms with Gasteiger partial charge in [0, 0.05) is 55.1 Å². The minimum absolute atomic E-state index is 0.139. The zero-order chi connectivity index (χ0) is 21.8. The molecule has 1 saturated carbocycles. The Labute approximate surface area is 185 Å². The summed E-state index contributed by atoms with van der Waals surface area (Å²) < 4.78 is 0. The molecule has 166 valence electrons. The molecule has 0 atom stereocenters. The van der Waals surface area contributed by atoms with Crippen LogP contribution in [-0.2, 0) is 4.79 Å². The zero-order valence-corrected chi connectivity index (χ0v) is 19.1. The fraction of sp³-hybridized carbons (Fsp3) is 0.600. The van der Waals surface area contributed by atoms with Crippen LogP contribution in [0, 0.1) is 11.3 Å². The summed E-state index contributed by atoms with van der Waals surface area (Å²) in [5.41, 5.74) is 3.12. The van der Waals surface area contributed by atoms with Gasteiger partial charge < -0.3 is 10.2 Å². The Balaban J connectivity index is 1.49. The number of nitrogens with zero attached hydrogens (tertiary/aromatic N) is 4. The van der Waals surface area contributed by atoms with Crippen molar-refractivity contribution < 1.29 is 4.79 Å². The third-order valence-corrected chi connectivity index (χ3v) is 6.65. The lowest BCUT2D eigenvalue weighted by Gasteiger charge is -2.30. The fourth-order valence-electron chi connectivity index (χ4n) is 4.66. The van der Waals surface area contributed by atoms with E-state index in [1.54, 1.807) is 0 Å². The average Bonchev–Trinajstić information content (AvgIpc) is 3.32. The first kappa shape index (κ1) is 21.7. The number of amides is 1. The van der Waals surface area contributed by atoms with Crippen LogP contribution in [0.3, 0.4) is 0 Å². The molecule has 0 radical (unpaired) electrons. The fourth-order valence-corrected chi connectivity index (χ4v) is 4.66. The van der Waals surface area contributed by atoms with Gasteiger partial charge in [0.15, 0.2) is 0 Å². The van der Waals surface area contributed by atoms with Crippen LogP contribution in [0.4, 0.5) is 5.95 Å². The topological polar surface area (TPSA) is 71.0 Å². The highest BCUT2D eigenvalue weighted by Crippen LogP contribution is 2.39. The summed E-state index contributed by atoms with van der Waals surface area (Å²) >= 11 is 0. The Bertz CT molecular complexity index is 879. The van der Waals surface area contributed by atoms with Crippen LogP contribution in [0.25, 0.3) is 11.1 Å². The summed E-state index contributed by atoms with van der Waals surface area (Å²) in [5.74, 6) is 2.00. The quantitative estimate of drug-likeness (QED) is 0.765. The lowest BCUT2D eigenvalue weighted by Crippen LogP contribution is -2.38. The first-order valence-electron chi connectivity index (χ1n) is 11.7. The zero-order valence-electron chi connectivity index (χ0n) is 19.1. The van der Waals surface area contributed by atoms with E-state index in [2.05, 4.69) is 15.2 Å². The van der Waals surface area contributed by atoms with E-state index in [0.717, 1.165) is 62.4 Å². The van der Waals surface area contributed by atoms with Crippen molar-refractivity contribution in [1.82, 2.24) is 20.3 Å². The van der Waals surface area contributed by atoms with Gasteiger partial charge in [-0.25, -0.2) is 9.97 Å². The van der Waals surface area contributed by atoms with Crippen molar-refractivity contribution in [3.8, 4) is 11.1 Å². The van der Waals surface area contributed by atoms with E-state index in [1.807, 2.05) is 51.5 Å². The second-order valence-electron chi connectivity index (χ2n) is 10.1. The van der Waals surface area contributed by atoms with Crippen LogP contribution in [0.2, 0.25) is 0 Å². The van der Waals surface area contributed by atoms with Gasteiger partial charge in [-0.1, -0.05) is 20.8 Å². The monoisotopic (exact) mass is 421 g/mol. The van der Waals surface area contributed by atoms with Crippen LogP contribution in [0.15, 0.2) is 30.7 Å². The number of hydrogen-bond donors (Lipinski definition) is 1. The van der Waals surface area contributed by atoms with Gasteiger partial charge in [-0.15, -0.1) is 0 Å². The Kier molecular flexibility index (Phi) is 6.54. The smallest absolute Gasteiger partial charge is 0.225 e. The maximum Gasteiger partial charge on any atom is 0.225 e. The third kappa shape index (κ3) is 5.23. The van der Waals surface area contributed by atoms with Gasteiger partial charge in [-0.05, 0) is 62.1 Å². The number of anilines is 1. The summed E-state index contributed by atoms with van der Waals surface area (Å²) in [5, 5.41) is 3.15. The molecule has 3 heterocycles. The molecule has 0 spiro atoms. The van der Waals surface area contributed by atoms with Crippen LogP contribution in [0.1, 0.15) is 70.9 Å². The average molecular weight is 422 g/mol. The van der Waals surface area contributed by atoms with Gasteiger partial charge in [0.1, 0.15) is 0 Å². The second kappa shape index (κ2) is 9.33. The molecule has 2 aromatic rings. The number of hydrogen-bond acceptors (Lipinski definition) is 5. The molecule has 1 amide bonds. The number of nitrogens with one attached hydrogen (secondary N) is 1. The molecular weight excluding hydrogens is 386 g/mol. The van der Waals surface area contributed by atoms with Gasteiger partial charge in [0.25, 0.3) is 0 Å². The molecule has 0 aromatic carbocycles. The van der Waals surface area contributed by atoms with Gasteiger partial charge in [-0.3, -0.25) is 9.78 Å². The van der Waals surface area contributed by atoms with Crippen molar-refractivity contribution in [2.45, 2.75) is 65.2 Å². The summed E-state index contributed by atoms with van der Waals surface area (Å²) in [6.45, 7) is 8.78. The second-order valence-corrected chi connectivity index (χ2v) is 10.1. The molecule has 6 heteroatoms. The number of aromatic nitrogens is 3. The molecule has 6 nitrogen and oxygen atoms in total. The van der Waals surface area contributed by atoms with E-state index in [1.165, 1.54) is 18.5 Å². The molecule has 0 bridgehead atoms. The first-order valence-corrected chi connectivity index (χ1v) is 11.7. The van der Waals surface area contributed by atoms with Crippen LogP contribution in [0.5, 0.6) is 0 Å². The van der Waals surface area contributed by atoms with Crippen LogP contribution in [-0.4, -0.2) is 40.5 Å². The SMILES string of the molecule is CC(C)(C)C(=O)NCC1CCC(c2nc(N3CCCC3)ncc2-c2ccncc2)CC1. The number of rotatable bonds is 5. The molecule has 2 fully saturated rings. The first-order chi connectivity index (χ1) is 14.9. The van der Waals surface area contributed by atoms with Crippen molar-refractivity contribution in [3.63, 3.8) is 0 Å². The lowest BCUT2D eigenvalue weighted by atomic mass is 9.79. The summed E-state index contributed by atoms with van der Waals surface area (Å²) in [6.07, 6.45) is 12.6. The predicted molar refractivity (Wildman–Crippen MR) is 124 cm³/mol. The third-order valence-electron chi connectivity index (χ3n) is 6.65. The maximum absolute atomic E-state index is 12.2. The Morgan fingerprint density at radius 3 is 2.42 bits per heavy atom. The number of carbonyl (C=O) groups is 1. The Morgan fingerprint density at radius 1 is 1.10 bits per heavy atom. The predicted octanol–water partition coefficient (Wildman–Crippen LogP) is 4.57. The van der Waals surface area contributed by atoms with E-state index in [-0.39, 0.29) is 11.3 Å². The lowest BCUT2D eigenvalue weighted by molar-refractivity contribution is -0.128. The Hall–Kier alpha value is -2.50. The highest BCUT2D eigenvalue weighted by molar-refractivity contribution is 5.81. The molecular formula is C25H35N5O. The normalized spacial score (nSPS) is 21.8. The van der Waals surface area contributed by atoms with Gasteiger partial charge in [-0.2, -0.15) is 0 Å². The molecule has 4 rings (SSSR count). The van der Waals surface area contributed by atoms with Crippen LogP contribution >= 0.6 is 0 Å². The molecule has 1 saturated heterocycles. The van der Waals surface area contributed by atoms with Gasteiger partial charge >= 0.3 is 0 Å². The van der Waals surface area contributed by atoms with Gasteiger partial charge in [0.05, 0.1) is 5.69 Å². The van der Waals surface area contributed by atoms with Crippen molar-refractivity contribution >= 4 is 11.9 Å².